The lowest BCUT2D eigenvalue weighted by atomic mass is 10.0. The van der Waals surface area contributed by atoms with E-state index in [1.165, 1.54) is 5.56 Å². The molecule has 2 saturated heterocycles. The van der Waals surface area contributed by atoms with Crippen molar-refractivity contribution in [2.24, 2.45) is 11.8 Å². The van der Waals surface area contributed by atoms with Crippen LogP contribution in [0.2, 0.25) is 0 Å². The van der Waals surface area contributed by atoms with Gasteiger partial charge in [0.2, 0.25) is 5.91 Å². The lowest BCUT2D eigenvalue weighted by Crippen LogP contribution is -2.32. The molecule has 2 fully saturated rings. The summed E-state index contributed by atoms with van der Waals surface area (Å²) in [4.78, 5) is 25.8. The molecule has 0 aromatic carbocycles. The van der Waals surface area contributed by atoms with E-state index in [0.717, 1.165) is 31.9 Å². The van der Waals surface area contributed by atoms with Crippen LogP contribution in [0.4, 0.5) is 18.9 Å². The number of nitrogens with zero attached hydrogens (tertiary/aromatic N) is 2. The van der Waals surface area contributed by atoms with E-state index in [4.69, 9.17) is 9.90 Å². The van der Waals surface area contributed by atoms with Crippen LogP contribution in [0.1, 0.15) is 5.56 Å². The minimum Gasteiger partial charge on any atom is -0.475 e. The fraction of sp³-hybridized carbons (Fsp3) is 0.412. The molecule has 2 aliphatic heterocycles. The third-order valence-electron chi connectivity index (χ3n) is 4.56. The second kappa shape index (κ2) is 7.99. The zero-order chi connectivity index (χ0) is 19.6. The van der Waals surface area contributed by atoms with Crippen LogP contribution >= 0.6 is 22.7 Å². The number of carbonyl (C=O) groups excluding carboxylic acids is 1. The van der Waals surface area contributed by atoms with Gasteiger partial charge in [0.25, 0.3) is 0 Å². The number of rotatable bonds is 3. The third-order valence-corrected chi connectivity index (χ3v) is 5.97. The van der Waals surface area contributed by atoms with Gasteiger partial charge in [-0.3, -0.25) is 9.69 Å². The lowest BCUT2D eigenvalue weighted by Gasteiger charge is -2.20. The van der Waals surface area contributed by atoms with Crippen LogP contribution < -0.4 is 4.90 Å². The number of carboxylic acids is 1. The van der Waals surface area contributed by atoms with E-state index >= 15 is 0 Å². The van der Waals surface area contributed by atoms with E-state index in [1.54, 1.807) is 22.7 Å². The Hall–Kier alpha value is -1.91. The van der Waals surface area contributed by atoms with Gasteiger partial charge in [-0.15, -0.1) is 0 Å². The summed E-state index contributed by atoms with van der Waals surface area (Å²) >= 11 is 3.40. The number of likely N-dealkylation sites (tertiary alicyclic amines) is 1. The van der Waals surface area contributed by atoms with Crippen molar-refractivity contribution in [2.75, 3.05) is 24.5 Å². The Kier molecular flexibility index (Phi) is 5.87. The summed E-state index contributed by atoms with van der Waals surface area (Å²) in [6.45, 7) is 3.84. The van der Waals surface area contributed by atoms with Crippen LogP contribution in [0.25, 0.3) is 0 Å². The highest BCUT2D eigenvalue weighted by Crippen LogP contribution is 2.36. The van der Waals surface area contributed by atoms with Gasteiger partial charge >= 0.3 is 12.1 Å². The molecule has 0 unspecified atom stereocenters. The van der Waals surface area contributed by atoms with E-state index in [9.17, 15) is 18.0 Å². The molecule has 0 aliphatic carbocycles. The van der Waals surface area contributed by atoms with Crippen LogP contribution in [0.5, 0.6) is 0 Å². The Balaban J connectivity index is 0.000000260. The van der Waals surface area contributed by atoms with Gasteiger partial charge in [-0.05, 0) is 33.8 Å². The fourth-order valence-electron chi connectivity index (χ4n) is 3.36. The van der Waals surface area contributed by atoms with Gasteiger partial charge in [0.05, 0.1) is 11.6 Å². The van der Waals surface area contributed by atoms with Gasteiger partial charge in [-0.25, -0.2) is 4.79 Å². The first-order chi connectivity index (χ1) is 12.8. The molecule has 10 heteroatoms. The summed E-state index contributed by atoms with van der Waals surface area (Å²) in [6, 6.07) is 4.23. The fourth-order valence-corrected chi connectivity index (χ4v) is 4.67. The predicted octanol–water partition coefficient (Wildman–Crippen LogP) is 3.54. The molecule has 5 nitrogen and oxygen atoms in total. The molecule has 0 radical (unpaired) electrons. The number of halogens is 3. The average Bonchev–Trinajstić information content (AvgIpc) is 3.35. The first-order valence-corrected chi connectivity index (χ1v) is 10.0. The second-order valence-corrected chi connectivity index (χ2v) is 7.99. The monoisotopic (exact) mass is 418 g/mol. The van der Waals surface area contributed by atoms with Crippen molar-refractivity contribution >= 4 is 40.2 Å². The molecule has 4 heterocycles. The lowest BCUT2D eigenvalue weighted by molar-refractivity contribution is -0.192. The molecule has 1 amide bonds. The maximum absolute atomic E-state index is 12.5. The normalized spacial score (nSPS) is 22.5. The van der Waals surface area contributed by atoms with E-state index < -0.39 is 12.1 Å². The maximum atomic E-state index is 12.5. The Morgan fingerprint density at radius 3 is 2.33 bits per heavy atom. The van der Waals surface area contributed by atoms with Gasteiger partial charge in [-0.2, -0.15) is 35.8 Å². The molecule has 0 saturated carbocycles. The minimum atomic E-state index is -5.08. The van der Waals surface area contributed by atoms with E-state index in [2.05, 4.69) is 27.1 Å². The molecule has 2 atom stereocenters. The largest absolute Gasteiger partial charge is 0.490 e. The summed E-state index contributed by atoms with van der Waals surface area (Å²) < 4.78 is 31.7. The first-order valence-electron chi connectivity index (χ1n) is 8.13. The predicted molar refractivity (Wildman–Crippen MR) is 96.9 cm³/mol. The van der Waals surface area contributed by atoms with Crippen molar-refractivity contribution in [1.82, 2.24) is 4.90 Å². The summed E-state index contributed by atoms with van der Waals surface area (Å²) in [5.74, 6) is -1.73. The molecular weight excluding hydrogens is 401 g/mol. The van der Waals surface area contributed by atoms with Crippen LogP contribution in [-0.4, -0.2) is 47.7 Å². The van der Waals surface area contributed by atoms with Gasteiger partial charge in [-0.1, -0.05) is 0 Å². The number of fused-ring (bicyclic) bond motifs is 1. The molecule has 2 aliphatic rings. The van der Waals surface area contributed by atoms with Crippen LogP contribution in [-0.2, 0) is 16.1 Å². The van der Waals surface area contributed by atoms with Crippen molar-refractivity contribution in [1.29, 1.82) is 0 Å². The number of carboxylic acid groups (broad SMARTS) is 1. The molecular formula is C17H17F3N2O3S2. The third kappa shape index (κ3) is 4.69. The van der Waals surface area contributed by atoms with E-state index in [-0.39, 0.29) is 5.92 Å². The molecule has 4 rings (SSSR count). The Morgan fingerprint density at radius 2 is 1.81 bits per heavy atom. The molecule has 2 aromatic heterocycles. The molecule has 0 bridgehead atoms. The quantitative estimate of drug-likeness (QED) is 0.828. The minimum absolute atomic E-state index is 0.202. The second-order valence-electron chi connectivity index (χ2n) is 6.43. The number of hydrogen-bond acceptors (Lipinski definition) is 5. The van der Waals surface area contributed by atoms with Crippen LogP contribution in [0.3, 0.4) is 0 Å². The van der Waals surface area contributed by atoms with Crippen molar-refractivity contribution < 1.29 is 27.9 Å². The number of amides is 1. The highest BCUT2D eigenvalue weighted by Gasteiger charge is 2.46. The van der Waals surface area contributed by atoms with E-state index in [0.29, 0.717) is 11.8 Å². The van der Waals surface area contributed by atoms with Crippen LogP contribution in [0, 0.1) is 11.8 Å². The smallest absolute Gasteiger partial charge is 0.475 e. The van der Waals surface area contributed by atoms with Gasteiger partial charge in [0.1, 0.15) is 0 Å². The van der Waals surface area contributed by atoms with Crippen LogP contribution in [0.15, 0.2) is 33.7 Å². The maximum Gasteiger partial charge on any atom is 0.490 e. The van der Waals surface area contributed by atoms with Gasteiger partial charge < -0.3 is 10.0 Å². The van der Waals surface area contributed by atoms with Crippen molar-refractivity contribution in [3.05, 3.63) is 39.2 Å². The summed E-state index contributed by atoms with van der Waals surface area (Å²) in [7, 11) is 0. The summed E-state index contributed by atoms with van der Waals surface area (Å²) in [5.41, 5.74) is 2.45. The van der Waals surface area contributed by atoms with E-state index in [1.807, 2.05) is 16.3 Å². The summed E-state index contributed by atoms with van der Waals surface area (Å²) in [6.07, 6.45) is -5.08. The van der Waals surface area contributed by atoms with Crippen molar-refractivity contribution in [3.8, 4) is 0 Å². The molecule has 0 spiro atoms. The standard InChI is InChI=1S/C15H16N2OS2.C2HF3O2/c18-15-14-8-16(5-11-1-3-19-9-11)6-12(14)7-17(15)13-2-4-20-10-13;3-2(4,5)1(6)7/h1-4,9-10,12,14H,5-8H2;(H,6,7)/t12-,14-;/m0./s1. The molecule has 27 heavy (non-hydrogen) atoms. The van der Waals surface area contributed by atoms with Gasteiger partial charge in [0.15, 0.2) is 0 Å². The SMILES string of the molecule is O=C(O)C(F)(F)F.O=C1[C@H]2CN(Cc3ccsc3)C[C@H]2CN1c1ccsc1. The molecule has 146 valence electrons. The Bertz CT molecular complexity index is 778. The number of alkyl halides is 3. The van der Waals surface area contributed by atoms with Gasteiger partial charge in [0, 0.05) is 37.5 Å². The number of carbonyl (C=O) groups is 2. The number of anilines is 1. The highest BCUT2D eigenvalue weighted by atomic mass is 32.1. The average molecular weight is 418 g/mol. The topological polar surface area (TPSA) is 60.9 Å². The molecule has 1 N–H and O–H groups in total. The first kappa shape index (κ1) is 19.8. The Labute approximate surface area is 161 Å². The summed E-state index contributed by atoms with van der Waals surface area (Å²) in [5, 5.41) is 15.6. The van der Waals surface area contributed by atoms with Crippen molar-refractivity contribution in [3.63, 3.8) is 0 Å². The zero-order valence-corrected chi connectivity index (χ0v) is 15.7. The van der Waals surface area contributed by atoms with Crippen molar-refractivity contribution in [2.45, 2.75) is 12.7 Å². The number of aliphatic carboxylic acids is 1. The number of hydrogen-bond donors (Lipinski definition) is 1. The zero-order valence-electron chi connectivity index (χ0n) is 14.1. The molecule has 2 aromatic rings. The number of thiophene rings is 2. The highest BCUT2D eigenvalue weighted by molar-refractivity contribution is 7.08. The Morgan fingerprint density at radius 1 is 1.15 bits per heavy atom.